The molecule has 1 heterocycles. The van der Waals surface area contributed by atoms with Crippen molar-refractivity contribution in [2.45, 2.75) is 17.9 Å². The highest BCUT2D eigenvalue weighted by Gasteiger charge is 2.22. The molecule has 0 aliphatic heterocycles. The first kappa shape index (κ1) is 17.0. The Labute approximate surface area is 139 Å². The Bertz CT molecular complexity index is 785. The number of benzene rings is 1. The Morgan fingerprint density at radius 3 is 2.55 bits per heavy atom. The third kappa shape index (κ3) is 3.51. The van der Waals surface area contributed by atoms with Crippen LogP contribution in [0, 0.1) is 0 Å². The Hall–Kier alpha value is -1.37. The molecule has 0 bridgehead atoms. The van der Waals surface area contributed by atoms with Gasteiger partial charge in [0.05, 0.1) is 16.0 Å². The first-order valence-corrected chi connectivity index (χ1v) is 9.67. The fourth-order valence-corrected chi connectivity index (χ4v) is 4.15. The molecule has 1 atom stereocenters. The molecular formula is C15H16ClNO3S2. The second kappa shape index (κ2) is 6.40. The van der Waals surface area contributed by atoms with Gasteiger partial charge in [0.1, 0.15) is 0 Å². The fourth-order valence-electron chi connectivity index (χ4n) is 2.02. The van der Waals surface area contributed by atoms with Crippen molar-refractivity contribution in [3.05, 3.63) is 51.2 Å². The van der Waals surface area contributed by atoms with Gasteiger partial charge < -0.3 is 4.90 Å². The van der Waals surface area contributed by atoms with E-state index in [9.17, 15) is 13.2 Å². The molecule has 0 N–H and O–H groups in total. The zero-order valence-electron chi connectivity index (χ0n) is 12.4. The van der Waals surface area contributed by atoms with Gasteiger partial charge in [-0.15, -0.1) is 11.3 Å². The van der Waals surface area contributed by atoms with Gasteiger partial charge in [-0.1, -0.05) is 17.7 Å². The van der Waals surface area contributed by atoms with Crippen LogP contribution in [0.3, 0.4) is 0 Å². The first-order valence-electron chi connectivity index (χ1n) is 6.52. The van der Waals surface area contributed by atoms with Crippen LogP contribution in [0.25, 0.3) is 0 Å². The number of rotatable bonds is 4. The number of hydrogen-bond donors (Lipinski definition) is 0. The summed E-state index contributed by atoms with van der Waals surface area (Å²) in [6.07, 6.45) is 1.07. The highest BCUT2D eigenvalue weighted by Crippen LogP contribution is 2.27. The van der Waals surface area contributed by atoms with Crippen LogP contribution in [0.15, 0.2) is 40.6 Å². The first-order chi connectivity index (χ1) is 10.2. The summed E-state index contributed by atoms with van der Waals surface area (Å²) in [6, 6.07) is 8.11. The van der Waals surface area contributed by atoms with E-state index in [-0.39, 0.29) is 21.9 Å². The molecule has 4 nitrogen and oxygen atoms in total. The van der Waals surface area contributed by atoms with E-state index >= 15 is 0 Å². The van der Waals surface area contributed by atoms with Crippen LogP contribution in [0.5, 0.6) is 0 Å². The number of amides is 1. The molecule has 118 valence electrons. The minimum atomic E-state index is -3.48. The van der Waals surface area contributed by atoms with Crippen LogP contribution in [-0.2, 0) is 9.84 Å². The minimum Gasteiger partial charge on any atom is -0.334 e. The molecule has 0 saturated heterocycles. The molecule has 1 aromatic heterocycles. The lowest BCUT2D eigenvalue weighted by molar-refractivity contribution is 0.0744. The number of thiophene rings is 1. The lowest BCUT2D eigenvalue weighted by atomic mass is 10.1. The lowest BCUT2D eigenvalue weighted by Crippen LogP contribution is -2.29. The molecule has 0 unspecified atom stereocenters. The average Bonchev–Trinajstić information content (AvgIpc) is 2.98. The molecule has 0 aliphatic carbocycles. The smallest absolute Gasteiger partial charge is 0.254 e. The summed E-state index contributed by atoms with van der Waals surface area (Å²) in [5, 5.41) is 2.07. The summed E-state index contributed by atoms with van der Waals surface area (Å²) in [5.74, 6) is -0.248. The highest BCUT2D eigenvalue weighted by molar-refractivity contribution is 7.90. The summed E-state index contributed by atoms with van der Waals surface area (Å²) >= 11 is 7.48. The molecule has 0 spiro atoms. The van der Waals surface area contributed by atoms with Gasteiger partial charge in [0.15, 0.2) is 9.84 Å². The fraction of sp³-hybridized carbons (Fsp3) is 0.267. The van der Waals surface area contributed by atoms with Crippen molar-refractivity contribution in [2.75, 3.05) is 13.3 Å². The van der Waals surface area contributed by atoms with Crippen LogP contribution in [0.2, 0.25) is 5.02 Å². The Morgan fingerprint density at radius 2 is 2.00 bits per heavy atom. The van der Waals surface area contributed by atoms with E-state index in [4.69, 9.17) is 11.6 Å². The SMILES string of the molecule is C[C@H](c1cccs1)N(C)C(=O)c1ccc(Cl)c(S(C)(=O)=O)c1. The van der Waals surface area contributed by atoms with E-state index < -0.39 is 9.84 Å². The predicted molar refractivity (Wildman–Crippen MR) is 89.4 cm³/mol. The van der Waals surface area contributed by atoms with Gasteiger partial charge in [0.2, 0.25) is 0 Å². The lowest BCUT2D eigenvalue weighted by Gasteiger charge is -2.24. The van der Waals surface area contributed by atoms with Crippen molar-refractivity contribution in [1.82, 2.24) is 4.90 Å². The molecule has 2 aromatic rings. The number of halogens is 1. The van der Waals surface area contributed by atoms with Gasteiger partial charge in [-0.3, -0.25) is 4.79 Å². The second-order valence-electron chi connectivity index (χ2n) is 5.02. The topological polar surface area (TPSA) is 54.5 Å². The van der Waals surface area contributed by atoms with Gasteiger partial charge in [0.25, 0.3) is 5.91 Å². The number of nitrogens with zero attached hydrogens (tertiary/aromatic N) is 1. The normalized spacial score (nSPS) is 12.9. The molecule has 0 fully saturated rings. The third-order valence-corrected chi connectivity index (χ3v) is 6.05. The largest absolute Gasteiger partial charge is 0.334 e. The van der Waals surface area contributed by atoms with Crippen LogP contribution in [0.4, 0.5) is 0 Å². The third-order valence-electron chi connectivity index (χ3n) is 3.43. The summed E-state index contributed by atoms with van der Waals surface area (Å²) in [4.78, 5) is 15.2. The van der Waals surface area contributed by atoms with E-state index in [1.54, 1.807) is 23.3 Å². The maximum Gasteiger partial charge on any atom is 0.254 e. The quantitative estimate of drug-likeness (QED) is 0.839. The van der Waals surface area contributed by atoms with Gasteiger partial charge in [-0.2, -0.15) is 0 Å². The van der Waals surface area contributed by atoms with Gasteiger partial charge in [-0.25, -0.2) is 8.42 Å². The molecule has 7 heteroatoms. The standard InChI is InChI=1S/C15H16ClNO3S2/c1-10(13-5-4-8-21-13)17(2)15(18)11-6-7-12(16)14(9-11)22(3,19)20/h4-10H,1-3H3/t10-/m1/s1. The molecule has 22 heavy (non-hydrogen) atoms. The van der Waals surface area contributed by atoms with Crippen molar-refractivity contribution in [3.63, 3.8) is 0 Å². The molecular weight excluding hydrogens is 342 g/mol. The van der Waals surface area contributed by atoms with E-state index in [1.807, 2.05) is 24.4 Å². The van der Waals surface area contributed by atoms with Crippen molar-refractivity contribution in [2.24, 2.45) is 0 Å². The van der Waals surface area contributed by atoms with Crippen LogP contribution < -0.4 is 0 Å². The molecule has 1 amide bonds. The van der Waals surface area contributed by atoms with Crippen LogP contribution >= 0.6 is 22.9 Å². The van der Waals surface area contributed by atoms with Crippen LogP contribution in [-0.4, -0.2) is 32.5 Å². The van der Waals surface area contributed by atoms with E-state index in [1.165, 1.54) is 18.2 Å². The van der Waals surface area contributed by atoms with E-state index in [2.05, 4.69) is 0 Å². The molecule has 0 saturated carbocycles. The molecule has 1 aromatic carbocycles. The summed E-state index contributed by atoms with van der Waals surface area (Å²) in [7, 11) is -1.78. The van der Waals surface area contributed by atoms with Gasteiger partial charge in [0, 0.05) is 23.7 Å². The minimum absolute atomic E-state index is 0.0304. The zero-order valence-corrected chi connectivity index (χ0v) is 14.8. The van der Waals surface area contributed by atoms with Crippen molar-refractivity contribution < 1.29 is 13.2 Å². The van der Waals surface area contributed by atoms with Gasteiger partial charge in [-0.05, 0) is 36.6 Å². The van der Waals surface area contributed by atoms with E-state index in [0.29, 0.717) is 5.56 Å². The summed E-state index contributed by atoms with van der Waals surface area (Å²) in [5.41, 5.74) is 0.302. The second-order valence-corrected chi connectivity index (χ2v) is 8.40. The zero-order chi connectivity index (χ0) is 16.5. The highest BCUT2D eigenvalue weighted by atomic mass is 35.5. The number of carbonyl (C=O) groups excluding carboxylic acids is 1. The van der Waals surface area contributed by atoms with Crippen molar-refractivity contribution in [3.8, 4) is 0 Å². The number of sulfone groups is 1. The molecule has 0 radical (unpaired) electrons. The summed E-state index contributed by atoms with van der Waals surface area (Å²) < 4.78 is 23.4. The van der Waals surface area contributed by atoms with Gasteiger partial charge >= 0.3 is 0 Å². The maximum absolute atomic E-state index is 12.6. The molecule has 2 rings (SSSR count). The summed E-state index contributed by atoms with van der Waals surface area (Å²) in [6.45, 7) is 1.93. The number of carbonyl (C=O) groups is 1. The Kier molecular flexibility index (Phi) is 4.94. The Balaban J connectivity index is 2.34. The molecule has 0 aliphatic rings. The van der Waals surface area contributed by atoms with Crippen molar-refractivity contribution >= 4 is 38.7 Å². The average molecular weight is 358 g/mol. The maximum atomic E-state index is 12.6. The van der Waals surface area contributed by atoms with Crippen LogP contribution in [0.1, 0.15) is 28.2 Å². The number of hydrogen-bond acceptors (Lipinski definition) is 4. The predicted octanol–water partition coefficient (Wildman–Crippen LogP) is 3.64. The Morgan fingerprint density at radius 1 is 1.32 bits per heavy atom. The van der Waals surface area contributed by atoms with E-state index in [0.717, 1.165) is 11.1 Å². The monoisotopic (exact) mass is 357 g/mol. The van der Waals surface area contributed by atoms with Crippen molar-refractivity contribution in [1.29, 1.82) is 0 Å².